The van der Waals surface area contributed by atoms with Gasteiger partial charge in [-0.25, -0.2) is 9.97 Å². The summed E-state index contributed by atoms with van der Waals surface area (Å²) in [4.78, 5) is 7.35. The maximum Gasteiger partial charge on any atom is 0.115 e. The number of nitrogens with zero attached hydrogens (tertiary/aromatic N) is 2. The second kappa shape index (κ2) is 5.62. The van der Waals surface area contributed by atoms with Crippen LogP contribution in [0.4, 0.5) is 0 Å². The van der Waals surface area contributed by atoms with Gasteiger partial charge in [0.25, 0.3) is 0 Å². The minimum Gasteiger partial charge on any atom is -0.245 e. The second-order valence-corrected chi connectivity index (χ2v) is 4.00. The van der Waals surface area contributed by atoms with Crippen molar-refractivity contribution in [3.8, 4) is 0 Å². The van der Waals surface area contributed by atoms with Gasteiger partial charge in [0.05, 0.1) is 0 Å². The fourth-order valence-electron chi connectivity index (χ4n) is 0.840. The molecule has 0 aliphatic carbocycles. The van der Waals surface area contributed by atoms with E-state index in [-0.39, 0.29) is 0 Å². The van der Waals surface area contributed by atoms with Crippen LogP contribution in [0.5, 0.6) is 0 Å². The predicted molar refractivity (Wildman–Crippen MR) is 46.7 cm³/mol. The quantitative estimate of drug-likeness (QED) is 0.592. The second-order valence-electron chi connectivity index (χ2n) is 2.45. The molecule has 1 aromatic rings. The van der Waals surface area contributed by atoms with Crippen LogP contribution in [0, 0.1) is 0 Å². The van der Waals surface area contributed by atoms with Crippen LogP contribution < -0.4 is 10.6 Å². The molecule has 2 N–H and O–H groups in total. The van der Waals surface area contributed by atoms with E-state index >= 15 is 0 Å². The zero-order chi connectivity index (χ0) is 9.36. The number of hydrogen-bond donors (Lipinski definition) is 2. The summed E-state index contributed by atoms with van der Waals surface area (Å²) in [7, 11) is 0. The van der Waals surface area contributed by atoms with Crippen molar-refractivity contribution < 1.29 is 0 Å². The molecule has 2 heterocycles. The Morgan fingerprint density at radius 3 is 2.23 bits per heavy atom. The first-order chi connectivity index (χ1) is 6.39. The van der Waals surface area contributed by atoms with E-state index in [0.29, 0.717) is 6.54 Å². The smallest absolute Gasteiger partial charge is 0.115 e. The number of piperazine rings is 1. The molecule has 5 heteroatoms. The molecule has 79 valence electrons. The minimum absolute atomic E-state index is 0.639. The molecular weight excluding hydrogens is 411 g/mol. The molecule has 1 unspecified atom stereocenters. The van der Waals surface area contributed by atoms with Gasteiger partial charge >= 0.3 is 36.8 Å². The van der Waals surface area contributed by atoms with Gasteiger partial charge in [0.15, 0.2) is 0 Å². The summed E-state index contributed by atoms with van der Waals surface area (Å²) in [5, 5.41) is 6.57. The molecule has 0 spiro atoms. The molecule has 1 aliphatic heterocycles. The molecule has 1 aliphatic rings. The molecule has 1 fully saturated rings. The van der Waals surface area contributed by atoms with Crippen molar-refractivity contribution in [3.05, 3.63) is 24.8 Å². The number of nitrogens with one attached hydrogen (secondary N) is 2. The Balaban J connectivity index is 0.000000132. The summed E-state index contributed by atoms with van der Waals surface area (Å²) >= 11 is 0. The molecule has 4 nitrogen and oxygen atoms in total. The largest absolute Gasteiger partial charge is 0.245 e. The number of aromatic nitrogens is 2. The van der Waals surface area contributed by atoms with E-state index < -0.39 is 0 Å². The Hall–Kier alpha value is -2.00. The number of hydrogen-bond acceptors (Lipinski definition) is 4. The summed E-state index contributed by atoms with van der Waals surface area (Å²) in [6.45, 7) is 3.99. The van der Waals surface area contributed by atoms with Gasteiger partial charge in [0.1, 0.15) is 6.33 Å². The third kappa shape index (κ3) is 4.44. The number of rotatable bonds is 0. The van der Waals surface area contributed by atoms with E-state index in [9.17, 15) is 0 Å². The van der Waals surface area contributed by atoms with E-state index in [1.54, 1.807) is 18.5 Å². The monoisotopic (exact) mass is 424 g/mol. The first-order valence-corrected chi connectivity index (χ1v) is 5.40. The average Bonchev–Trinajstić information content (AvgIpc) is 2.22. The Bertz CT molecular complexity index is 174. The molecule has 0 aromatic carbocycles. The van der Waals surface area contributed by atoms with Crippen molar-refractivity contribution in [2.75, 3.05) is 19.6 Å². The van der Waals surface area contributed by atoms with Crippen LogP contribution in [-0.4, -0.2) is 36.1 Å². The molecule has 1 saturated heterocycles. The molecule has 1 aromatic heterocycles. The van der Waals surface area contributed by atoms with Gasteiger partial charge in [-0.05, 0) is 6.07 Å². The SMILES string of the molecule is [No][CH]1CNCCN1.c1cncnc1. The van der Waals surface area contributed by atoms with Crippen molar-refractivity contribution in [2.45, 2.75) is 6.54 Å². The van der Waals surface area contributed by atoms with Crippen LogP contribution in [0.3, 0.4) is 0 Å². The van der Waals surface area contributed by atoms with Gasteiger partial charge in [-0.3, -0.25) is 0 Å². The van der Waals surface area contributed by atoms with Crippen molar-refractivity contribution in [1.29, 1.82) is 0 Å². The van der Waals surface area contributed by atoms with E-state index in [2.05, 4.69) is 20.6 Å². The maximum absolute atomic E-state index is 3.67. The van der Waals surface area contributed by atoms with E-state index in [0.717, 1.165) is 19.6 Å². The van der Waals surface area contributed by atoms with Gasteiger partial charge in [-0.1, -0.05) is 0 Å². The molecule has 0 radical (unpaired) electrons. The molecule has 1 atom stereocenters. The van der Waals surface area contributed by atoms with Crippen molar-refractivity contribution in [3.63, 3.8) is 0 Å². The van der Waals surface area contributed by atoms with E-state index in [4.69, 9.17) is 0 Å². The molecule has 0 bridgehead atoms. The topological polar surface area (TPSA) is 49.8 Å². The summed E-state index contributed by atoms with van der Waals surface area (Å²) in [6, 6.07) is 1.78. The van der Waals surface area contributed by atoms with Crippen molar-refractivity contribution >= 4 is 0 Å². The van der Waals surface area contributed by atoms with Gasteiger partial charge in [-0.2, -0.15) is 0 Å². The average molecular weight is 424 g/mol. The maximum atomic E-state index is 3.67. The van der Waals surface area contributed by atoms with Gasteiger partial charge in [0.2, 0.25) is 0 Å². The first kappa shape index (κ1) is 9.09. The molecule has 0 amide bonds. The summed E-state index contributed by atoms with van der Waals surface area (Å²) in [5.74, 6) is 0. The van der Waals surface area contributed by atoms with Gasteiger partial charge in [-0.15, -0.1) is 0 Å². The Labute approximate surface area is 72.4 Å². The fraction of sp³-hybridized carbons (Fsp3) is 0.500. The normalized spacial score (nSPS) is 21.5. The van der Waals surface area contributed by atoms with Gasteiger partial charge in [0, 0.05) is 12.4 Å². The van der Waals surface area contributed by atoms with E-state index in [1.165, 1.54) is 6.33 Å². The minimum atomic E-state index is 0.639. The molecular formula is C8H13N4No. The molecule has 13 heavy (non-hydrogen) atoms. The van der Waals surface area contributed by atoms with Crippen LogP contribution in [0.25, 0.3) is 0 Å². The first-order valence-electron chi connectivity index (χ1n) is 4.11. The van der Waals surface area contributed by atoms with Crippen LogP contribution in [0.1, 0.15) is 0 Å². The summed E-state index contributed by atoms with van der Waals surface area (Å²) in [5.41, 5.74) is 0. The van der Waals surface area contributed by atoms with Crippen LogP contribution in [-0.2, 0) is 0 Å². The molecule has 0 saturated carbocycles. The Kier molecular flexibility index (Phi) is 3.93. The van der Waals surface area contributed by atoms with Crippen molar-refractivity contribution in [1.82, 2.24) is 20.6 Å². The summed E-state index contributed by atoms with van der Waals surface area (Å²) < 4.78 is 2.42. The third-order valence-corrected chi connectivity index (χ3v) is 2.33. The van der Waals surface area contributed by atoms with Crippen molar-refractivity contribution in [2.24, 2.45) is 0 Å². The summed E-state index contributed by atoms with van der Waals surface area (Å²) in [6.07, 6.45) is 4.88. The Morgan fingerprint density at radius 1 is 1.23 bits per heavy atom. The van der Waals surface area contributed by atoms with Crippen LogP contribution in [0.15, 0.2) is 24.8 Å². The predicted octanol–water partition coefficient (Wildman–Crippen LogP) is -0.469. The van der Waals surface area contributed by atoms with E-state index in [1.807, 2.05) is 0 Å². The zero-order valence-corrected chi connectivity index (χ0v) is 9.40. The Morgan fingerprint density at radius 2 is 2.00 bits per heavy atom. The zero-order valence-electron chi connectivity index (χ0n) is 7.17. The van der Waals surface area contributed by atoms with Crippen LogP contribution in [0.2, 0.25) is 0 Å². The molecule has 2 rings (SSSR count). The fourth-order valence-corrected chi connectivity index (χ4v) is 1.48. The van der Waals surface area contributed by atoms with Crippen LogP contribution >= 0.6 is 0 Å². The standard InChI is InChI=1S/C4H9N2.C4H4N2.No/c1-2-6-4-3-5-1;1-2-5-4-6-3-1;/h1,5-6H,2-4H2;1-4H;. The van der Waals surface area contributed by atoms with Gasteiger partial charge < -0.3 is 0 Å². The third-order valence-electron chi connectivity index (χ3n) is 1.42.